The third-order valence-corrected chi connectivity index (χ3v) is 3.82. The molecule has 0 spiro atoms. The third kappa shape index (κ3) is 2.30. The van der Waals surface area contributed by atoms with Crippen LogP contribution in [0.2, 0.25) is 0 Å². The van der Waals surface area contributed by atoms with Crippen molar-refractivity contribution in [2.24, 2.45) is 0 Å². The van der Waals surface area contributed by atoms with Crippen LogP contribution >= 0.6 is 49.9 Å². The van der Waals surface area contributed by atoms with E-state index in [0.717, 1.165) is 9.48 Å². The summed E-state index contributed by atoms with van der Waals surface area (Å²) in [5, 5.41) is 1.07. The van der Waals surface area contributed by atoms with Crippen molar-refractivity contribution < 1.29 is 0 Å². The summed E-state index contributed by atoms with van der Waals surface area (Å²) in [5.41, 5.74) is 1.17. The summed E-state index contributed by atoms with van der Waals surface area (Å²) in [6, 6.07) is 8.18. The summed E-state index contributed by atoms with van der Waals surface area (Å²) in [7, 11) is 0. The highest BCUT2D eigenvalue weighted by molar-refractivity contribution is 14.1. The van der Waals surface area contributed by atoms with E-state index in [-0.39, 0.29) is 0 Å². The van der Waals surface area contributed by atoms with Crippen molar-refractivity contribution >= 4 is 49.9 Å². The number of nitrogens with zero attached hydrogens (tertiary/aromatic N) is 1. The maximum absolute atomic E-state index is 4.32. The Morgan fingerprint density at radius 1 is 1.38 bits per heavy atom. The Hall–Kier alpha value is 0.0600. The van der Waals surface area contributed by atoms with Gasteiger partial charge in [-0.1, -0.05) is 28.1 Å². The van der Waals surface area contributed by atoms with Gasteiger partial charge >= 0.3 is 0 Å². The van der Waals surface area contributed by atoms with Crippen LogP contribution in [0.25, 0.3) is 10.6 Å². The number of halogens is 2. The van der Waals surface area contributed by atoms with E-state index in [9.17, 15) is 0 Å². The van der Waals surface area contributed by atoms with Crippen LogP contribution in [0.4, 0.5) is 0 Å². The topological polar surface area (TPSA) is 12.9 Å². The minimum absolute atomic E-state index is 1.07. The van der Waals surface area contributed by atoms with Crippen LogP contribution in [0, 0.1) is 2.88 Å². The fraction of sp³-hybridized carbons (Fsp3) is 0. The van der Waals surface area contributed by atoms with E-state index >= 15 is 0 Å². The molecule has 1 nitrogen and oxygen atoms in total. The average molecular weight is 366 g/mol. The number of benzene rings is 1. The minimum Gasteiger partial charge on any atom is -0.243 e. The molecule has 4 heteroatoms. The van der Waals surface area contributed by atoms with Crippen LogP contribution in [0.3, 0.4) is 0 Å². The van der Waals surface area contributed by atoms with Crippen molar-refractivity contribution in [3.05, 3.63) is 37.8 Å². The standard InChI is InChI=1S/C9H5BrINS/c10-7-3-1-2-6(4-7)9-12-5-8(11)13-9/h1-5H. The zero-order chi connectivity index (χ0) is 9.26. The normalized spacial score (nSPS) is 10.3. The lowest BCUT2D eigenvalue weighted by atomic mass is 10.2. The lowest BCUT2D eigenvalue weighted by Crippen LogP contribution is -1.73. The lowest BCUT2D eigenvalue weighted by molar-refractivity contribution is 1.40. The Morgan fingerprint density at radius 2 is 2.23 bits per heavy atom. The number of rotatable bonds is 1. The van der Waals surface area contributed by atoms with E-state index in [2.05, 4.69) is 55.6 Å². The van der Waals surface area contributed by atoms with Crippen LogP contribution in [-0.2, 0) is 0 Å². The van der Waals surface area contributed by atoms with Crippen molar-refractivity contribution in [2.45, 2.75) is 0 Å². The van der Waals surface area contributed by atoms with E-state index in [0.29, 0.717) is 0 Å². The quantitative estimate of drug-likeness (QED) is 0.691. The van der Waals surface area contributed by atoms with Crippen molar-refractivity contribution in [2.75, 3.05) is 0 Å². The number of hydrogen-bond donors (Lipinski definition) is 0. The first kappa shape index (κ1) is 9.61. The molecule has 66 valence electrons. The molecule has 0 aliphatic heterocycles. The molecule has 0 saturated carbocycles. The monoisotopic (exact) mass is 365 g/mol. The first-order valence-electron chi connectivity index (χ1n) is 3.63. The van der Waals surface area contributed by atoms with Crippen LogP contribution < -0.4 is 0 Å². The molecule has 13 heavy (non-hydrogen) atoms. The van der Waals surface area contributed by atoms with Crippen LogP contribution in [0.5, 0.6) is 0 Å². The Bertz CT molecular complexity index is 427. The van der Waals surface area contributed by atoms with Crippen LogP contribution in [0.1, 0.15) is 0 Å². The van der Waals surface area contributed by atoms with Crippen molar-refractivity contribution in [1.82, 2.24) is 4.98 Å². The average Bonchev–Trinajstić information content (AvgIpc) is 2.52. The second-order valence-corrected chi connectivity index (χ2v) is 6.32. The molecule has 0 amide bonds. The van der Waals surface area contributed by atoms with Crippen molar-refractivity contribution in [1.29, 1.82) is 0 Å². The molecular formula is C9H5BrINS. The molecular weight excluding hydrogens is 361 g/mol. The molecule has 0 atom stereocenters. The highest BCUT2D eigenvalue weighted by Crippen LogP contribution is 2.27. The first-order valence-corrected chi connectivity index (χ1v) is 6.32. The molecule has 1 aromatic heterocycles. The van der Waals surface area contributed by atoms with E-state index in [1.54, 1.807) is 11.3 Å². The Morgan fingerprint density at radius 3 is 2.85 bits per heavy atom. The maximum atomic E-state index is 4.32. The minimum atomic E-state index is 1.07. The zero-order valence-electron chi connectivity index (χ0n) is 6.50. The van der Waals surface area contributed by atoms with Gasteiger partial charge in [-0.25, -0.2) is 4.98 Å². The van der Waals surface area contributed by atoms with Crippen LogP contribution in [-0.4, -0.2) is 4.98 Å². The fourth-order valence-corrected chi connectivity index (χ4v) is 2.81. The van der Waals surface area contributed by atoms with Crippen molar-refractivity contribution in [3.63, 3.8) is 0 Å². The second-order valence-electron chi connectivity index (χ2n) is 2.48. The Balaban J connectivity index is 2.46. The molecule has 2 rings (SSSR count). The summed E-state index contributed by atoms with van der Waals surface area (Å²) >= 11 is 7.43. The molecule has 0 aliphatic carbocycles. The number of aromatic nitrogens is 1. The summed E-state index contributed by atoms with van der Waals surface area (Å²) in [6.45, 7) is 0. The largest absolute Gasteiger partial charge is 0.243 e. The van der Waals surface area contributed by atoms with Gasteiger partial charge in [0, 0.05) is 10.0 Å². The molecule has 0 unspecified atom stereocenters. The van der Waals surface area contributed by atoms with E-state index in [1.807, 2.05) is 18.3 Å². The highest BCUT2D eigenvalue weighted by atomic mass is 127. The fourth-order valence-electron chi connectivity index (χ4n) is 1.01. The molecule has 1 heterocycles. The summed E-state index contributed by atoms with van der Waals surface area (Å²) in [5.74, 6) is 0. The Labute approximate surface area is 102 Å². The number of hydrogen-bond acceptors (Lipinski definition) is 2. The molecule has 0 bridgehead atoms. The second kappa shape index (κ2) is 4.06. The van der Waals surface area contributed by atoms with Gasteiger partial charge in [0.15, 0.2) is 0 Å². The van der Waals surface area contributed by atoms with Gasteiger partial charge in [0.1, 0.15) is 5.01 Å². The molecule has 0 N–H and O–H groups in total. The maximum Gasteiger partial charge on any atom is 0.124 e. The van der Waals surface area contributed by atoms with Crippen LogP contribution in [0.15, 0.2) is 34.9 Å². The summed E-state index contributed by atoms with van der Waals surface area (Å²) < 4.78 is 2.31. The smallest absolute Gasteiger partial charge is 0.124 e. The van der Waals surface area contributed by atoms with Gasteiger partial charge in [0.25, 0.3) is 0 Å². The molecule has 2 aromatic rings. The van der Waals surface area contributed by atoms with Gasteiger partial charge in [-0.2, -0.15) is 0 Å². The van der Waals surface area contributed by atoms with E-state index in [1.165, 1.54) is 8.45 Å². The lowest BCUT2D eigenvalue weighted by Gasteiger charge is -1.95. The molecule has 0 saturated heterocycles. The first-order chi connectivity index (χ1) is 6.25. The molecule has 1 aromatic carbocycles. The van der Waals surface area contributed by atoms with Crippen molar-refractivity contribution in [3.8, 4) is 10.6 Å². The predicted octanol–water partition coefficient (Wildman–Crippen LogP) is 4.18. The third-order valence-electron chi connectivity index (χ3n) is 1.55. The van der Waals surface area contributed by atoms with E-state index in [4.69, 9.17) is 0 Å². The van der Waals surface area contributed by atoms with E-state index < -0.39 is 0 Å². The van der Waals surface area contributed by atoms with Gasteiger partial charge in [-0.3, -0.25) is 0 Å². The van der Waals surface area contributed by atoms with Gasteiger partial charge in [0.05, 0.1) is 9.08 Å². The van der Waals surface area contributed by atoms with Gasteiger partial charge in [-0.15, -0.1) is 11.3 Å². The summed E-state index contributed by atoms with van der Waals surface area (Å²) in [6.07, 6.45) is 1.89. The van der Waals surface area contributed by atoms with Gasteiger partial charge in [0.2, 0.25) is 0 Å². The number of thiazole rings is 1. The van der Waals surface area contributed by atoms with Gasteiger partial charge in [-0.05, 0) is 34.7 Å². The molecule has 0 radical (unpaired) electrons. The SMILES string of the molecule is Brc1cccc(-c2ncc(I)s2)c1. The van der Waals surface area contributed by atoms with Gasteiger partial charge < -0.3 is 0 Å². The zero-order valence-corrected chi connectivity index (χ0v) is 11.1. The molecule has 0 aliphatic rings. The molecule has 0 fully saturated rings. The predicted molar refractivity (Wildman–Crippen MR) is 68.0 cm³/mol. The summed E-state index contributed by atoms with van der Waals surface area (Å²) in [4.78, 5) is 4.32. The highest BCUT2D eigenvalue weighted by Gasteiger charge is 2.02. The Kier molecular flexibility index (Phi) is 3.00.